The van der Waals surface area contributed by atoms with E-state index in [4.69, 9.17) is 0 Å². The van der Waals surface area contributed by atoms with Gasteiger partial charge in [-0.05, 0) is 25.1 Å². The molecule has 0 amide bonds. The van der Waals surface area contributed by atoms with Gasteiger partial charge in [0.15, 0.2) is 0 Å². The van der Waals surface area contributed by atoms with Crippen molar-refractivity contribution >= 4 is 23.7 Å². The minimum absolute atomic E-state index is 0.511. The molecule has 0 radical (unpaired) electrons. The van der Waals surface area contributed by atoms with Crippen LogP contribution in [0.25, 0.3) is 6.08 Å². The summed E-state index contributed by atoms with van der Waals surface area (Å²) in [5.74, 6) is 0. The Labute approximate surface area is 70.4 Å². The van der Waals surface area contributed by atoms with Gasteiger partial charge in [0.1, 0.15) is 6.29 Å². The van der Waals surface area contributed by atoms with Crippen LogP contribution in [-0.2, 0) is 4.79 Å². The summed E-state index contributed by atoms with van der Waals surface area (Å²) in [6.45, 7) is 2.07. The Bertz CT molecular complexity index is 260. The van der Waals surface area contributed by atoms with Crippen molar-refractivity contribution in [3.05, 3.63) is 28.0 Å². The van der Waals surface area contributed by atoms with Gasteiger partial charge in [-0.15, -0.1) is 11.3 Å². The summed E-state index contributed by atoms with van der Waals surface area (Å²) in [6, 6.07) is 4.13. The lowest BCUT2D eigenvalue weighted by molar-refractivity contribution is -0.107. The maximum absolute atomic E-state index is 9.95. The van der Waals surface area contributed by atoms with E-state index in [1.165, 1.54) is 9.75 Å². The second-order valence-corrected chi connectivity index (χ2v) is 3.57. The molecule has 0 aliphatic carbocycles. The molecule has 1 heterocycles. The molecule has 0 atom stereocenters. The molecule has 0 bridgehead atoms. The summed E-state index contributed by atoms with van der Waals surface area (Å²) >= 11 is 1.74. The van der Waals surface area contributed by atoms with Gasteiger partial charge >= 0.3 is 0 Å². The lowest BCUT2D eigenvalue weighted by atomic mass is 10.3. The second-order valence-electron chi connectivity index (χ2n) is 2.25. The van der Waals surface area contributed by atoms with Crippen LogP contribution in [0.4, 0.5) is 0 Å². The van der Waals surface area contributed by atoms with Crippen molar-refractivity contribution < 1.29 is 4.79 Å². The minimum atomic E-state index is 0.511. The van der Waals surface area contributed by atoms with Crippen LogP contribution in [0.15, 0.2) is 18.2 Å². The maximum atomic E-state index is 9.95. The molecule has 0 aliphatic heterocycles. The number of thiophene rings is 1. The Balaban J connectivity index is 2.56. The van der Waals surface area contributed by atoms with E-state index in [0.717, 1.165) is 6.29 Å². The zero-order valence-electron chi connectivity index (χ0n) is 6.41. The first kappa shape index (κ1) is 8.21. The normalized spacial score (nSPS) is 10.6. The fraction of sp³-hybridized carbons (Fsp3) is 0.222. The molecular formula is C9H10OS. The zero-order valence-corrected chi connectivity index (χ0v) is 7.23. The molecule has 0 spiro atoms. The van der Waals surface area contributed by atoms with E-state index < -0.39 is 0 Å². The van der Waals surface area contributed by atoms with Gasteiger partial charge in [-0.2, -0.15) is 0 Å². The van der Waals surface area contributed by atoms with E-state index in [0.29, 0.717) is 6.42 Å². The van der Waals surface area contributed by atoms with Crippen LogP contribution in [0.1, 0.15) is 16.2 Å². The largest absolute Gasteiger partial charge is 0.303 e. The van der Waals surface area contributed by atoms with E-state index in [9.17, 15) is 4.79 Å². The molecule has 0 N–H and O–H groups in total. The minimum Gasteiger partial charge on any atom is -0.303 e. The summed E-state index contributed by atoms with van der Waals surface area (Å²) in [5.41, 5.74) is 0. The van der Waals surface area contributed by atoms with Crippen LogP contribution in [0.2, 0.25) is 0 Å². The monoisotopic (exact) mass is 166 g/mol. The molecule has 0 saturated heterocycles. The Morgan fingerprint density at radius 3 is 2.91 bits per heavy atom. The predicted molar refractivity (Wildman–Crippen MR) is 48.8 cm³/mol. The van der Waals surface area contributed by atoms with Crippen LogP contribution < -0.4 is 0 Å². The third-order valence-electron chi connectivity index (χ3n) is 1.28. The average Bonchev–Trinajstić information content (AvgIpc) is 2.37. The number of aryl methyl sites for hydroxylation is 1. The highest BCUT2D eigenvalue weighted by atomic mass is 32.1. The fourth-order valence-electron chi connectivity index (χ4n) is 0.783. The van der Waals surface area contributed by atoms with Gasteiger partial charge < -0.3 is 4.79 Å². The third kappa shape index (κ3) is 2.68. The van der Waals surface area contributed by atoms with E-state index >= 15 is 0 Å². The predicted octanol–water partition coefficient (Wildman–Crippen LogP) is 2.66. The molecule has 2 heteroatoms. The van der Waals surface area contributed by atoms with Crippen molar-refractivity contribution in [2.45, 2.75) is 13.3 Å². The molecule has 0 aliphatic rings. The highest BCUT2D eigenvalue weighted by Gasteiger charge is 1.89. The number of carbonyl (C=O) groups is 1. The van der Waals surface area contributed by atoms with E-state index in [2.05, 4.69) is 19.1 Å². The molecule has 0 saturated carbocycles. The van der Waals surface area contributed by atoms with Crippen LogP contribution in [-0.4, -0.2) is 6.29 Å². The van der Waals surface area contributed by atoms with Gasteiger partial charge in [0.05, 0.1) is 0 Å². The zero-order chi connectivity index (χ0) is 8.10. The van der Waals surface area contributed by atoms with Gasteiger partial charge in [0.25, 0.3) is 0 Å². The quantitative estimate of drug-likeness (QED) is 0.631. The van der Waals surface area contributed by atoms with Gasteiger partial charge in [-0.1, -0.05) is 6.08 Å². The van der Waals surface area contributed by atoms with Crippen molar-refractivity contribution in [1.82, 2.24) is 0 Å². The van der Waals surface area contributed by atoms with E-state index in [1.54, 1.807) is 11.3 Å². The van der Waals surface area contributed by atoms with Gasteiger partial charge in [0, 0.05) is 16.2 Å². The third-order valence-corrected chi connectivity index (χ3v) is 2.24. The van der Waals surface area contributed by atoms with Gasteiger partial charge in [-0.25, -0.2) is 0 Å². The second kappa shape index (κ2) is 4.09. The molecule has 0 unspecified atom stereocenters. The number of carbonyl (C=O) groups excluding carboxylic acids is 1. The number of hydrogen-bond acceptors (Lipinski definition) is 2. The van der Waals surface area contributed by atoms with Crippen molar-refractivity contribution in [3.63, 3.8) is 0 Å². The SMILES string of the molecule is Cc1ccc(/C=C\CC=O)s1. The average molecular weight is 166 g/mol. The smallest absolute Gasteiger partial charge is 0.123 e. The topological polar surface area (TPSA) is 17.1 Å². The molecule has 1 rings (SSSR count). The molecule has 0 aromatic carbocycles. The maximum Gasteiger partial charge on any atom is 0.123 e. The first-order valence-corrected chi connectivity index (χ1v) is 4.31. The highest BCUT2D eigenvalue weighted by Crippen LogP contribution is 2.16. The van der Waals surface area contributed by atoms with E-state index in [-0.39, 0.29) is 0 Å². The van der Waals surface area contributed by atoms with Crippen molar-refractivity contribution in [2.24, 2.45) is 0 Å². The summed E-state index contributed by atoms with van der Waals surface area (Å²) in [4.78, 5) is 12.5. The fourth-order valence-corrected chi connectivity index (χ4v) is 1.59. The van der Waals surface area contributed by atoms with Crippen LogP contribution >= 0.6 is 11.3 Å². The molecule has 58 valence electrons. The molecule has 11 heavy (non-hydrogen) atoms. The summed E-state index contributed by atoms with van der Waals surface area (Å²) < 4.78 is 0. The molecule has 1 nitrogen and oxygen atoms in total. The summed E-state index contributed by atoms with van der Waals surface area (Å²) in [7, 11) is 0. The highest BCUT2D eigenvalue weighted by molar-refractivity contribution is 7.12. The first-order valence-electron chi connectivity index (χ1n) is 3.49. The number of aldehydes is 1. The van der Waals surface area contributed by atoms with Crippen molar-refractivity contribution in [2.75, 3.05) is 0 Å². The Morgan fingerprint density at radius 2 is 2.36 bits per heavy atom. The van der Waals surface area contributed by atoms with Crippen LogP contribution in [0, 0.1) is 6.92 Å². The Morgan fingerprint density at radius 1 is 1.55 bits per heavy atom. The van der Waals surface area contributed by atoms with Crippen molar-refractivity contribution in [3.8, 4) is 0 Å². The Hall–Kier alpha value is -0.890. The standard InChI is InChI=1S/C9H10OS/c1-8-5-6-9(11-8)4-2-3-7-10/h2,4-7H,3H2,1H3/b4-2-. The Kier molecular flexibility index (Phi) is 3.05. The van der Waals surface area contributed by atoms with Crippen LogP contribution in [0.3, 0.4) is 0 Å². The van der Waals surface area contributed by atoms with Gasteiger partial charge in [0.2, 0.25) is 0 Å². The molecule has 1 aromatic rings. The van der Waals surface area contributed by atoms with Gasteiger partial charge in [-0.3, -0.25) is 0 Å². The molecule has 0 fully saturated rings. The lowest BCUT2D eigenvalue weighted by Gasteiger charge is -1.80. The van der Waals surface area contributed by atoms with Crippen LogP contribution in [0.5, 0.6) is 0 Å². The van der Waals surface area contributed by atoms with E-state index in [1.807, 2.05) is 12.2 Å². The number of hydrogen-bond donors (Lipinski definition) is 0. The summed E-state index contributed by atoms with van der Waals surface area (Å²) in [5, 5.41) is 0. The van der Waals surface area contributed by atoms with Crippen molar-refractivity contribution in [1.29, 1.82) is 0 Å². The molecular weight excluding hydrogens is 156 g/mol. The number of rotatable bonds is 3. The lowest BCUT2D eigenvalue weighted by Crippen LogP contribution is -1.64. The number of allylic oxidation sites excluding steroid dienone is 1. The molecule has 1 aromatic heterocycles. The summed E-state index contributed by atoms with van der Waals surface area (Å²) in [6.07, 6.45) is 5.26. The first-order chi connectivity index (χ1) is 5.33.